The normalized spacial score (nSPS) is 38.8. The van der Waals surface area contributed by atoms with Gasteiger partial charge in [0, 0.05) is 24.0 Å². The van der Waals surface area contributed by atoms with Crippen molar-refractivity contribution in [1.82, 2.24) is 10.6 Å². The van der Waals surface area contributed by atoms with Gasteiger partial charge in [-0.3, -0.25) is 5.32 Å². The Balaban J connectivity index is 1.58. The lowest BCUT2D eigenvalue weighted by Crippen LogP contribution is -2.51. The average molecular weight is 380 g/mol. The van der Waals surface area contributed by atoms with E-state index in [0.29, 0.717) is 5.92 Å². The van der Waals surface area contributed by atoms with Gasteiger partial charge in [-0.2, -0.15) is 0 Å². The quantitative estimate of drug-likeness (QED) is 0.342. The first kappa shape index (κ1) is 21.1. The SMILES string of the molecule is CNCCC(NC)ON=C[C@H]1CC[C@]2(O)C[C@@H](C3CCCCC3)CC[C@]12C. The van der Waals surface area contributed by atoms with E-state index in [1.54, 1.807) is 0 Å². The van der Waals surface area contributed by atoms with Crippen molar-refractivity contribution in [3.63, 3.8) is 0 Å². The molecule has 3 aliphatic carbocycles. The van der Waals surface area contributed by atoms with Gasteiger partial charge in [-0.1, -0.05) is 44.2 Å². The molecular formula is C22H41N3O2. The molecule has 0 aromatic carbocycles. The van der Waals surface area contributed by atoms with Crippen LogP contribution in [0.5, 0.6) is 0 Å². The Hall–Kier alpha value is -0.650. The van der Waals surface area contributed by atoms with E-state index in [-0.39, 0.29) is 11.6 Å². The molecule has 5 atom stereocenters. The zero-order valence-electron chi connectivity index (χ0n) is 17.7. The van der Waals surface area contributed by atoms with Gasteiger partial charge in [0.05, 0.1) is 5.60 Å². The van der Waals surface area contributed by atoms with Crippen LogP contribution in [-0.4, -0.2) is 43.8 Å². The number of fused-ring (bicyclic) bond motifs is 1. The van der Waals surface area contributed by atoms with Gasteiger partial charge in [-0.15, -0.1) is 0 Å². The third-order valence-electron chi connectivity index (χ3n) is 8.11. The maximum Gasteiger partial charge on any atom is 0.179 e. The minimum Gasteiger partial charge on any atom is -0.389 e. The first-order valence-electron chi connectivity index (χ1n) is 11.3. The van der Waals surface area contributed by atoms with Crippen molar-refractivity contribution >= 4 is 6.21 Å². The fourth-order valence-corrected chi connectivity index (χ4v) is 6.07. The number of aliphatic hydroxyl groups is 1. The highest BCUT2D eigenvalue weighted by atomic mass is 16.6. The Morgan fingerprint density at radius 3 is 2.59 bits per heavy atom. The summed E-state index contributed by atoms with van der Waals surface area (Å²) >= 11 is 0. The maximum atomic E-state index is 11.6. The second-order valence-electron chi connectivity index (χ2n) is 9.52. The zero-order chi connectivity index (χ0) is 19.3. The highest BCUT2D eigenvalue weighted by molar-refractivity contribution is 5.62. The monoisotopic (exact) mass is 379 g/mol. The maximum absolute atomic E-state index is 11.6. The van der Waals surface area contributed by atoms with Gasteiger partial charge in [-0.05, 0) is 64.6 Å². The predicted molar refractivity (Wildman–Crippen MR) is 111 cm³/mol. The standard InChI is InChI=1S/C22H41N3O2/c1-21-12-9-18(17-7-5-4-6-8-17)15-22(21,26)13-10-19(21)16-25-27-20(24-3)11-14-23-2/h16-20,23-24,26H,4-15H2,1-3H3/t18-,19+,20?,21+,22-/m0/s1. The lowest BCUT2D eigenvalue weighted by atomic mass is 9.57. The summed E-state index contributed by atoms with van der Waals surface area (Å²) in [7, 11) is 3.85. The summed E-state index contributed by atoms with van der Waals surface area (Å²) in [4.78, 5) is 5.67. The van der Waals surface area contributed by atoms with Gasteiger partial charge in [-0.25, -0.2) is 0 Å². The molecule has 1 unspecified atom stereocenters. The molecule has 5 heteroatoms. The van der Waals surface area contributed by atoms with E-state index in [0.717, 1.165) is 50.5 Å². The van der Waals surface area contributed by atoms with E-state index in [1.807, 2.05) is 20.3 Å². The minimum atomic E-state index is -0.515. The molecule has 0 aromatic heterocycles. The molecule has 0 heterocycles. The molecule has 0 radical (unpaired) electrons. The highest BCUT2D eigenvalue weighted by Crippen LogP contribution is 2.60. The molecule has 0 amide bonds. The number of hydrogen-bond donors (Lipinski definition) is 3. The summed E-state index contributed by atoms with van der Waals surface area (Å²) in [5.74, 6) is 1.90. The van der Waals surface area contributed by atoms with Gasteiger partial charge in [0.15, 0.2) is 6.23 Å². The first-order chi connectivity index (χ1) is 13.0. The van der Waals surface area contributed by atoms with Crippen molar-refractivity contribution in [1.29, 1.82) is 0 Å². The molecule has 3 aliphatic rings. The second-order valence-corrected chi connectivity index (χ2v) is 9.52. The molecule has 5 nitrogen and oxygen atoms in total. The van der Waals surface area contributed by atoms with Crippen LogP contribution < -0.4 is 10.6 Å². The fourth-order valence-electron chi connectivity index (χ4n) is 6.07. The molecule has 156 valence electrons. The minimum absolute atomic E-state index is 0.0505. The molecule has 0 saturated heterocycles. The van der Waals surface area contributed by atoms with Crippen molar-refractivity contribution in [3.8, 4) is 0 Å². The van der Waals surface area contributed by atoms with E-state index >= 15 is 0 Å². The van der Waals surface area contributed by atoms with Crippen molar-refractivity contribution < 1.29 is 9.94 Å². The average Bonchev–Trinajstić information content (AvgIpc) is 2.95. The Labute approximate surface area is 165 Å². The van der Waals surface area contributed by atoms with E-state index in [2.05, 4.69) is 22.7 Å². The van der Waals surface area contributed by atoms with Gasteiger partial charge in [0.2, 0.25) is 0 Å². The largest absolute Gasteiger partial charge is 0.389 e. The molecule has 3 fully saturated rings. The number of rotatable bonds is 8. The Kier molecular flexibility index (Phi) is 7.20. The molecule has 3 saturated carbocycles. The topological polar surface area (TPSA) is 65.9 Å². The Morgan fingerprint density at radius 2 is 1.89 bits per heavy atom. The van der Waals surface area contributed by atoms with E-state index in [9.17, 15) is 5.11 Å². The van der Waals surface area contributed by atoms with Gasteiger partial charge >= 0.3 is 0 Å². The molecule has 27 heavy (non-hydrogen) atoms. The van der Waals surface area contributed by atoms with Crippen molar-refractivity contribution in [2.45, 2.75) is 89.4 Å². The van der Waals surface area contributed by atoms with Crippen LogP contribution in [0.3, 0.4) is 0 Å². The first-order valence-corrected chi connectivity index (χ1v) is 11.3. The molecule has 0 aromatic rings. The Morgan fingerprint density at radius 1 is 1.11 bits per heavy atom. The van der Waals surface area contributed by atoms with E-state index < -0.39 is 5.60 Å². The fraction of sp³-hybridized carbons (Fsp3) is 0.955. The molecule has 3 rings (SSSR count). The highest BCUT2D eigenvalue weighted by Gasteiger charge is 2.59. The summed E-state index contributed by atoms with van der Waals surface area (Å²) < 4.78 is 0. The molecule has 0 aliphatic heterocycles. The summed E-state index contributed by atoms with van der Waals surface area (Å²) in [6, 6.07) is 0. The van der Waals surface area contributed by atoms with Crippen LogP contribution in [-0.2, 0) is 4.84 Å². The second kappa shape index (κ2) is 9.23. The lowest BCUT2D eigenvalue weighted by molar-refractivity contribution is -0.115. The van der Waals surface area contributed by atoms with Crippen LogP contribution in [0.1, 0.15) is 77.6 Å². The number of nitrogens with one attached hydrogen (secondary N) is 2. The lowest BCUT2D eigenvalue weighted by Gasteiger charge is -2.50. The van der Waals surface area contributed by atoms with Crippen LogP contribution in [0.25, 0.3) is 0 Å². The van der Waals surface area contributed by atoms with Crippen LogP contribution in [0, 0.1) is 23.2 Å². The number of oxime groups is 1. The third-order valence-corrected chi connectivity index (χ3v) is 8.11. The summed E-state index contributed by atoms with van der Waals surface area (Å²) in [6.07, 6.45) is 15.1. The summed E-state index contributed by atoms with van der Waals surface area (Å²) in [5.41, 5.74) is -0.566. The van der Waals surface area contributed by atoms with Crippen LogP contribution in [0.4, 0.5) is 0 Å². The van der Waals surface area contributed by atoms with Crippen LogP contribution >= 0.6 is 0 Å². The van der Waals surface area contributed by atoms with E-state index in [1.165, 1.54) is 38.5 Å². The summed E-state index contributed by atoms with van der Waals surface area (Å²) in [5, 5.41) is 22.2. The number of nitrogens with zero attached hydrogens (tertiary/aromatic N) is 1. The van der Waals surface area contributed by atoms with Gasteiger partial charge in [0.25, 0.3) is 0 Å². The predicted octanol–water partition coefficient (Wildman–Crippen LogP) is 3.67. The molecule has 3 N–H and O–H groups in total. The van der Waals surface area contributed by atoms with Crippen LogP contribution in [0.15, 0.2) is 5.16 Å². The number of hydrogen-bond acceptors (Lipinski definition) is 5. The molecule has 0 bridgehead atoms. The van der Waals surface area contributed by atoms with Gasteiger partial charge in [0.1, 0.15) is 0 Å². The van der Waals surface area contributed by atoms with Crippen LogP contribution in [0.2, 0.25) is 0 Å². The summed E-state index contributed by atoms with van der Waals surface area (Å²) in [6.45, 7) is 3.19. The smallest absolute Gasteiger partial charge is 0.179 e. The Bertz CT molecular complexity index is 494. The van der Waals surface area contributed by atoms with Crippen molar-refractivity contribution in [2.24, 2.45) is 28.3 Å². The van der Waals surface area contributed by atoms with Gasteiger partial charge < -0.3 is 15.3 Å². The van der Waals surface area contributed by atoms with Crippen molar-refractivity contribution in [3.05, 3.63) is 0 Å². The molecular weight excluding hydrogens is 338 g/mol. The zero-order valence-corrected chi connectivity index (χ0v) is 17.7. The van der Waals surface area contributed by atoms with Crippen molar-refractivity contribution in [2.75, 3.05) is 20.6 Å². The third kappa shape index (κ3) is 4.51. The van der Waals surface area contributed by atoms with E-state index in [4.69, 9.17) is 4.84 Å². The molecule has 0 spiro atoms.